The van der Waals surface area contributed by atoms with E-state index in [-0.39, 0.29) is 18.1 Å². The van der Waals surface area contributed by atoms with Crippen molar-refractivity contribution in [1.29, 1.82) is 0 Å². The summed E-state index contributed by atoms with van der Waals surface area (Å²) in [7, 11) is 1.65. The van der Waals surface area contributed by atoms with Crippen molar-refractivity contribution in [2.75, 3.05) is 6.61 Å². The van der Waals surface area contributed by atoms with Crippen LogP contribution in [0.3, 0.4) is 0 Å². The number of carbonyl (C=O) groups excluding carboxylic acids is 1. The predicted octanol–water partition coefficient (Wildman–Crippen LogP) is 0.877. The smallest absolute Gasteiger partial charge is 0.273 e. The van der Waals surface area contributed by atoms with Crippen molar-refractivity contribution >= 4 is 5.91 Å². The number of morpholine rings is 1. The van der Waals surface area contributed by atoms with Crippen molar-refractivity contribution in [3.8, 4) is 5.69 Å². The molecule has 0 radical (unpaired) electrons. The number of ether oxygens (including phenoxy) is 1. The number of hydrogen-bond donors (Lipinski definition) is 1. The van der Waals surface area contributed by atoms with E-state index in [0.717, 1.165) is 5.69 Å². The number of nitrogens with one attached hydrogen (secondary N) is 1. The molecule has 1 amide bonds. The van der Waals surface area contributed by atoms with Crippen molar-refractivity contribution in [1.82, 2.24) is 14.7 Å². The van der Waals surface area contributed by atoms with E-state index in [1.165, 1.54) is 4.68 Å². The lowest BCUT2D eigenvalue weighted by Crippen LogP contribution is -2.39. The first kappa shape index (κ1) is 13.4. The van der Waals surface area contributed by atoms with Crippen LogP contribution in [-0.2, 0) is 16.6 Å². The van der Waals surface area contributed by atoms with Crippen LogP contribution in [0.2, 0.25) is 0 Å². The molecule has 2 heterocycles. The van der Waals surface area contributed by atoms with E-state index < -0.39 is 6.10 Å². The molecule has 1 atom stereocenters. The highest BCUT2D eigenvalue weighted by Gasteiger charge is 2.30. The molecule has 0 bridgehead atoms. The third-order valence-corrected chi connectivity index (χ3v) is 3.39. The van der Waals surface area contributed by atoms with E-state index in [2.05, 4.69) is 11.9 Å². The minimum absolute atomic E-state index is 0.204. The predicted molar refractivity (Wildman–Crippen MR) is 77.0 cm³/mol. The van der Waals surface area contributed by atoms with Crippen LogP contribution in [0.5, 0.6) is 0 Å². The van der Waals surface area contributed by atoms with Gasteiger partial charge in [0.2, 0.25) is 0 Å². The first-order chi connectivity index (χ1) is 10.1. The molecule has 108 valence electrons. The fraction of sp³-hybridized carbons (Fsp3) is 0.200. The van der Waals surface area contributed by atoms with Crippen molar-refractivity contribution in [3.05, 3.63) is 64.7 Å². The molecule has 1 saturated heterocycles. The summed E-state index contributed by atoms with van der Waals surface area (Å²) in [6, 6.07) is 9.43. The summed E-state index contributed by atoms with van der Waals surface area (Å²) in [4.78, 5) is 24.3. The van der Waals surface area contributed by atoms with E-state index in [1.807, 2.05) is 30.3 Å². The van der Waals surface area contributed by atoms with Crippen molar-refractivity contribution in [2.24, 2.45) is 7.05 Å². The monoisotopic (exact) mass is 285 g/mol. The maximum atomic E-state index is 12.3. The Morgan fingerprint density at radius 2 is 2.00 bits per heavy atom. The summed E-state index contributed by atoms with van der Waals surface area (Å²) >= 11 is 0. The number of nitrogens with zero attached hydrogens (tertiary/aromatic N) is 2. The van der Waals surface area contributed by atoms with Crippen LogP contribution >= 0.6 is 0 Å². The first-order valence-electron chi connectivity index (χ1n) is 6.52. The average molecular weight is 285 g/mol. The number of carbonyl (C=O) groups is 1. The van der Waals surface area contributed by atoms with Gasteiger partial charge in [0.25, 0.3) is 11.5 Å². The zero-order valence-corrected chi connectivity index (χ0v) is 11.6. The van der Waals surface area contributed by atoms with Gasteiger partial charge in [-0.2, -0.15) is 0 Å². The van der Waals surface area contributed by atoms with Gasteiger partial charge in [0.15, 0.2) is 6.10 Å². The molecular weight excluding hydrogens is 270 g/mol. The van der Waals surface area contributed by atoms with Crippen molar-refractivity contribution in [3.63, 3.8) is 0 Å². The number of para-hydroxylation sites is 1. The van der Waals surface area contributed by atoms with Crippen LogP contribution in [0.1, 0.15) is 11.7 Å². The lowest BCUT2D eigenvalue weighted by Gasteiger charge is -2.22. The molecule has 1 unspecified atom stereocenters. The van der Waals surface area contributed by atoms with Gasteiger partial charge in [-0.15, -0.1) is 0 Å². The fourth-order valence-electron chi connectivity index (χ4n) is 2.33. The Kier molecular flexibility index (Phi) is 3.23. The highest BCUT2D eigenvalue weighted by atomic mass is 16.5. The van der Waals surface area contributed by atoms with E-state index >= 15 is 0 Å². The van der Waals surface area contributed by atoms with E-state index in [0.29, 0.717) is 11.3 Å². The standard InChI is InChI=1S/C15H15N3O3/c1-10-9-21-13(14(19)16-10)12-8-18(17(2)15(12)20)11-6-4-3-5-7-11/h3-8,13H,1,9H2,2H3,(H,16,19). The number of hydrogen-bond acceptors (Lipinski definition) is 3. The van der Waals surface area contributed by atoms with Crippen LogP contribution in [-0.4, -0.2) is 21.9 Å². The van der Waals surface area contributed by atoms with Gasteiger partial charge < -0.3 is 10.1 Å². The van der Waals surface area contributed by atoms with Gasteiger partial charge in [-0.3, -0.25) is 14.3 Å². The molecule has 21 heavy (non-hydrogen) atoms. The summed E-state index contributed by atoms with van der Waals surface area (Å²) < 4.78 is 8.58. The van der Waals surface area contributed by atoms with Gasteiger partial charge in [0.05, 0.1) is 17.9 Å². The highest BCUT2D eigenvalue weighted by Crippen LogP contribution is 2.20. The van der Waals surface area contributed by atoms with Gasteiger partial charge >= 0.3 is 0 Å². The molecule has 1 N–H and O–H groups in total. The Labute approximate surface area is 121 Å². The summed E-state index contributed by atoms with van der Waals surface area (Å²) in [5.74, 6) is -0.367. The Hall–Kier alpha value is -2.60. The molecule has 1 aliphatic heterocycles. The Morgan fingerprint density at radius 3 is 2.67 bits per heavy atom. The number of rotatable bonds is 2. The Balaban J connectivity index is 2.04. The van der Waals surface area contributed by atoms with Gasteiger partial charge in [-0.25, -0.2) is 4.68 Å². The van der Waals surface area contributed by atoms with Gasteiger partial charge in [0.1, 0.15) is 0 Å². The second-order valence-corrected chi connectivity index (χ2v) is 4.88. The quantitative estimate of drug-likeness (QED) is 0.890. The summed E-state index contributed by atoms with van der Waals surface area (Å²) in [6.07, 6.45) is 0.731. The average Bonchev–Trinajstić information content (AvgIpc) is 2.77. The molecule has 6 nitrogen and oxygen atoms in total. The van der Waals surface area contributed by atoms with Crippen LogP contribution < -0.4 is 10.9 Å². The Morgan fingerprint density at radius 1 is 1.29 bits per heavy atom. The SMILES string of the molecule is C=C1COC(c2cn(-c3ccccc3)n(C)c2=O)C(=O)N1. The second kappa shape index (κ2) is 5.06. The Bertz CT molecular complexity index is 758. The summed E-state index contributed by atoms with van der Waals surface area (Å²) in [5.41, 5.74) is 1.39. The van der Waals surface area contributed by atoms with E-state index in [9.17, 15) is 9.59 Å². The van der Waals surface area contributed by atoms with Gasteiger partial charge in [-0.1, -0.05) is 24.8 Å². The van der Waals surface area contributed by atoms with Crippen LogP contribution in [0.15, 0.2) is 53.6 Å². The summed E-state index contributed by atoms with van der Waals surface area (Å²) in [6.45, 7) is 3.84. The normalized spacial score (nSPS) is 18.6. The molecule has 1 aromatic heterocycles. The molecule has 0 spiro atoms. The zero-order valence-electron chi connectivity index (χ0n) is 11.6. The molecule has 1 fully saturated rings. The minimum Gasteiger partial charge on any atom is -0.357 e. The van der Waals surface area contributed by atoms with Gasteiger partial charge in [-0.05, 0) is 12.1 Å². The van der Waals surface area contributed by atoms with E-state index in [4.69, 9.17) is 4.74 Å². The molecule has 6 heteroatoms. The molecule has 0 aliphatic carbocycles. The largest absolute Gasteiger partial charge is 0.357 e. The molecule has 3 rings (SSSR count). The maximum Gasteiger partial charge on any atom is 0.273 e. The van der Waals surface area contributed by atoms with Crippen LogP contribution in [0.25, 0.3) is 5.69 Å². The van der Waals surface area contributed by atoms with E-state index in [1.54, 1.807) is 17.9 Å². The first-order valence-corrected chi connectivity index (χ1v) is 6.52. The number of aromatic nitrogens is 2. The van der Waals surface area contributed by atoms with Gasteiger partial charge in [0, 0.05) is 18.9 Å². The lowest BCUT2D eigenvalue weighted by atomic mass is 10.1. The summed E-state index contributed by atoms with van der Waals surface area (Å²) in [5, 5.41) is 2.61. The lowest BCUT2D eigenvalue weighted by molar-refractivity contribution is -0.135. The topological polar surface area (TPSA) is 65.3 Å². The molecule has 1 aliphatic rings. The minimum atomic E-state index is -0.904. The molecule has 1 aromatic carbocycles. The number of benzene rings is 1. The molecular formula is C15H15N3O3. The zero-order chi connectivity index (χ0) is 15.0. The van der Waals surface area contributed by atoms with Crippen molar-refractivity contribution in [2.45, 2.75) is 6.10 Å². The maximum absolute atomic E-state index is 12.3. The third-order valence-electron chi connectivity index (χ3n) is 3.39. The number of amides is 1. The highest BCUT2D eigenvalue weighted by molar-refractivity contribution is 5.84. The van der Waals surface area contributed by atoms with Crippen molar-refractivity contribution < 1.29 is 9.53 Å². The second-order valence-electron chi connectivity index (χ2n) is 4.88. The fourth-order valence-corrected chi connectivity index (χ4v) is 2.33. The van der Waals surface area contributed by atoms with Crippen LogP contribution in [0.4, 0.5) is 0 Å². The molecule has 0 saturated carbocycles. The third kappa shape index (κ3) is 2.30. The van der Waals surface area contributed by atoms with Crippen LogP contribution in [0, 0.1) is 0 Å². The molecule has 2 aromatic rings.